The highest BCUT2D eigenvalue weighted by Gasteiger charge is 2.21. The van der Waals surface area contributed by atoms with Crippen molar-refractivity contribution in [3.8, 4) is 0 Å². The maximum atomic E-state index is 5.39. The number of morpholine rings is 1. The molecule has 0 N–H and O–H groups in total. The van der Waals surface area contributed by atoms with Crippen LogP contribution in [0.4, 0.5) is 5.82 Å². The molecule has 0 saturated carbocycles. The average molecular weight is 248 g/mol. The summed E-state index contributed by atoms with van der Waals surface area (Å²) < 4.78 is 5.39. The van der Waals surface area contributed by atoms with E-state index in [1.807, 2.05) is 6.20 Å². The third kappa shape index (κ3) is 2.66. The molecule has 0 unspecified atom stereocenters. The van der Waals surface area contributed by atoms with Crippen molar-refractivity contribution >= 4 is 5.82 Å². The summed E-state index contributed by atoms with van der Waals surface area (Å²) in [5.41, 5.74) is 2.82. The van der Waals surface area contributed by atoms with Crippen LogP contribution in [0, 0.1) is 6.92 Å². The SMILES string of the molecule is CCC(C)(C)c1cnc(N2CCOCC2)c(C)c1. The zero-order valence-corrected chi connectivity index (χ0v) is 12.0. The van der Waals surface area contributed by atoms with Crippen LogP contribution in [0.5, 0.6) is 0 Å². The molecule has 2 heterocycles. The maximum Gasteiger partial charge on any atom is 0.131 e. The van der Waals surface area contributed by atoms with Crippen LogP contribution >= 0.6 is 0 Å². The fraction of sp³-hybridized carbons (Fsp3) is 0.667. The highest BCUT2D eigenvalue weighted by molar-refractivity contribution is 5.48. The van der Waals surface area contributed by atoms with Gasteiger partial charge in [0.15, 0.2) is 0 Å². The first-order valence-corrected chi connectivity index (χ1v) is 6.84. The second kappa shape index (κ2) is 5.27. The Morgan fingerprint density at radius 2 is 2.00 bits per heavy atom. The van der Waals surface area contributed by atoms with E-state index >= 15 is 0 Å². The van der Waals surface area contributed by atoms with Crippen LogP contribution in [0.25, 0.3) is 0 Å². The maximum absolute atomic E-state index is 5.39. The summed E-state index contributed by atoms with van der Waals surface area (Å²) in [5, 5.41) is 0. The van der Waals surface area contributed by atoms with E-state index in [1.54, 1.807) is 0 Å². The molecule has 0 bridgehead atoms. The first kappa shape index (κ1) is 13.3. The van der Waals surface area contributed by atoms with Crippen LogP contribution in [-0.4, -0.2) is 31.3 Å². The largest absolute Gasteiger partial charge is 0.378 e. The number of nitrogens with zero attached hydrogens (tertiary/aromatic N) is 2. The summed E-state index contributed by atoms with van der Waals surface area (Å²) in [6.07, 6.45) is 3.17. The van der Waals surface area contributed by atoms with Crippen molar-refractivity contribution in [2.75, 3.05) is 31.2 Å². The summed E-state index contributed by atoms with van der Waals surface area (Å²) in [7, 11) is 0. The fourth-order valence-electron chi connectivity index (χ4n) is 2.25. The van der Waals surface area contributed by atoms with E-state index in [0.29, 0.717) is 0 Å². The Balaban J connectivity index is 2.24. The van der Waals surface area contributed by atoms with Crippen molar-refractivity contribution in [3.63, 3.8) is 0 Å². The molecular weight excluding hydrogens is 224 g/mol. The number of anilines is 1. The molecule has 1 fully saturated rings. The number of ether oxygens (including phenoxy) is 1. The van der Waals surface area contributed by atoms with Gasteiger partial charge in [0, 0.05) is 19.3 Å². The lowest BCUT2D eigenvalue weighted by atomic mass is 9.83. The monoisotopic (exact) mass is 248 g/mol. The van der Waals surface area contributed by atoms with Crippen LogP contribution < -0.4 is 4.90 Å². The zero-order chi connectivity index (χ0) is 13.2. The van der Waals surface area contributed by atoms with Crippen molar-refractivity contribution in [2.45, 2.75) is 39.5 Å². The van der Waals surface area contributed by atoms with Gasteiger partial charge in [0.25, 0.3) is 0 Å². The van der Waals surface area contributed by atoms with E-state index in [0.717, 1.165) is 38.5 Å². The smallest absolute Gasteiger partial charge is 0.131 e. The Bertz CT molecular complexity index is 409. The molecule has 100 valence electrons. The minimum Gasteiger partial charge on any atom is -0.378 e. The van der Waals surface area contributed by atoms with Gasteiger partial charge in [-0.2, -0.15) is 0 Å². The minimum absolute atomic E-state index is 0.210. The predicted octanol–water partition coefficient (Wildman–Crippen LogP) is 2.91. The molecule has 2 rings (SSSR count). The van der Waals surface area contributed by atoms with E-state index < -0.39 is 0 Å². The van der Waals surface area contributed by atoms with E-state index in [9.17, 15) is 0 Å². The third-order valence-corrected chi connectivity index (χ3v) is 4.03. The van der Waals surface area contributed by atoms with E-state index in [4.69, 9.17) is 4.74 Å². The number of aryl methyl sites for hydroxylation is 1. The number of pyridine rings is 1. The average Bonchev–Trinajstić information content (AvgIpc) is 2.39. The van der Waals surface area contributed by atoms with Gasteiger partial charge >= 0.3 is 0 Å². The Morgan fingerprint density at radius 1 is 1.33 bits per heavy atom. The molecule has 3 heteroatoms. The second-order valence-electron chi connectivity index (χ2n) is 5.70. The van der Waals surface area contributed by atoms with Gasteiger partial charge in [0.05, 0.1) is 13.2 Å². The van der Waals surface area contributed by atoms with Gasteiger partial charge in [-0.05, 0) is 29.9 Å². The molecule has 1 saturated heterocycles. The lowest BCUT2D eigenvalue weighted by molar-refractivity contribution is 0.122. The van der Waals surface area contributed by atoms with E-state index in [2.05, 4.69) is 43.6 Å². The van der Waals surface area contributed by atoms with Crippen LogP contribution in [0.15, 0.2) is 12.3 Å². The summed E-state index contributed by atoms with van der Waals surface area (Å²) >= 11 is 0. The second-order valence-corrected chi connectivity index (χ2v) is 5.70. The molecule has 0 spiro atoms. The lowest BCUT2D eigenvalue weighted by Gasteiger charge is -2.30. The number of hydrogen-bond donors (Lipinski definition) is 0. The molecule has 0 radical (unpaired) electrons. The Morgan fingerprint density at radius 3 is 2.56 bits per heavy atom. The molecule has 1 aromatic heterocycles. The summed E-state index contributed by atoms with van der Waals surface area (Å²) in [5.74, 6) is 1.12. The standard InChI is InChI=1S/C15H24N2O/c1-5-15(3,4)13-10-12(2)14(16-11-13)17-6-8-18-9-7-17/h10-11H,5-9H2,1-4H3. The fourth-order valence-corrected chi connectivity index (χ4v) is 2.25. The zero-order valence-electron chi connectivity index (χ0n) is 12.0. The van der Waals surface area contributed by atoms with Gasteiger partial charge in [0.1, 0.15) is 5.82 Å². The molecule has 0 amide bonds. The molecule has 1 aliphatic heterocycles. The Labute approximate surface area is 110 Å². The van der Waals surface area contributed by atoms with E-state index in [-0.39, 0.29) is 5.41 Å². The quantitative estimate of drug-likeness (QED) is 0.822. The summed E-state index contributed by atoms with van der Waals surface area (Å²) in [6, 6.07) is 2.29. The van der Waals surface area contributed by atoms with Crippen LogP contribution in [0.1, 0.15) is 38.3 Å². The molecule has 1 aliphatic rings. The minimum atomic E-state index is 0.210. The van der Waals surface area contributed by atoms with Gasteiger partial charge in [-0.15, -0.1) is 0 Å². The molecular formula is C15H24N2O. The summed E-state index contributed by atoms with van der Waals surface area (Å²) in [4.78, 5) is 7.01. The molecule has 0 atom stereocenters. The molecule has 0 aliphatic carbocycles. The van der Waals surface area contributed by atoms with Crippen molar-refractivity contribution in [3.05, 3.63) is 23.4 Å². The molecule has 0 aromatic carbocycles. The van der Waals surface area contributed by atoms with Crippen LogP contribution in [0.2, 0.25) is 0 Å². The first-order valence-electron chi connectivity index (χ1n) is 6.84. The number of hydrogen-bond acceptors (Lipinski definition) is 3. The Hall–Kier alpha value is -1.09. The van der Waals surface area contributed by atoms with Crippen molar-refractivity contribution < 1.29 is 4.74 Å². The molecule has 1 aromatic rings. The van der Waals surface area contributed by atoms with Crippen molar-refractivity contribution in [2.24, 2.45) is 0 Å². The van der Waals surface area contributed by atoms with Gasteiger partial charge in [-0.3, -0.25) is 0 Å². The summed E-state index contributed by atoms with van der Waals surface area (Å²) in [6.45, 7) is 12.5. The van der Waals surface area contributed by atoms with Gasteiger partial charge in [0.2, 0.25) is 0 Å². The van der Waals surface area contributed by atoms with Crippen LogP contribution in [0.3, 0.4) is 0 Å². The highest BCUT2D eigenvalue weighted by Crippen LogP contribution is 2.29. The topological polar surface area (TPSA) is 25.4 Å². The highest BCUT2D eigenvalue weighted by atomic mass is 16.5. The lowest BCUT2D eigenvalue weighted by Crippen LogP contribution is -2.37. The van der Waals surface area contributed by atoms with Gasteiger partial charge in [-0.25, -0.2) is 4.98 Å². The number of rotatable bonds is 3. The number of aromatic nitrogens is 1. The molecule has 3 nitrogen and oxygen atoms in total. The van der Waals surface area contributed by atoms with E-state index in [1.165, 1.54) is 11.1 Å². The predicted molar refractivity (Wildman–Crippen MR) is 75.3 cm³/mol. The third-order valence-electron chi connectivity index (χ3n) is 4.03. The first-order chi connectivity index (χ1) is 8.54. The van der Waals surface area contributed by atoms with Crippen molar-refractivity contribution in [1.29, 1.82) is 0 Å². The van der Waals surface area contributed by atoms with Crippen molar-refractivity contribution in [1.82, 2.24) is 4.98 Å². The Kier molecular flexibility index (Phi) is 3.91. The molecule has 18 heavy (non-hydrogen) atoms. The van der Waals surface area contributed by atoms with Gasteiger partial charge in [-0.1, -0.05) is 26.8 Å². The van der Waals surface area contributed by atoms with Crippen LogP contribution in [-0.2, 0) is 10.2 Å². The van der Waals surface area contributed by atoms with Gasteiger partial charge < -0.3 is 9.64 Å². The normalized spacial score (nSPS) is 17.0.